The third-order valence-corrected chi connectivity index (χ3v) is 10.5. The van der Waals surface area contributed by atoms with Gasteiger partial charge in [0, 0.05) is 36.1 Å². The molecule has 0 radical (unpaired) electrons. The molecule has 0 saturated heterocycles. The zero-order chi connectivity index (χ0) is 20.2. The zero-order valence-corrected chi connectivity index (χ0v) is 19.1. The van der Waals surface area contributed by atoms with Gasteiger partial charge < -0.3 is 4.57 Å². The molecule has 2 aromatic heterocycles. The third-order valence-electron chi connectivity index (χ3n) is 5.50. The molecule has 1 aliphatic rings. The maximum absolute atomic E-state index is 15.0. The summed E-state index contributed by atoms with van der Waals surface area (Å²) in [5, 5.41) is 5.03. The highest BCUT2D eigenvalue weighted by molar-refractivity contribution is 7.88. The zero-order valence-electron chi connectivity index (χ0n) is 16.6. The monoisotopic (exact) mass is 432 g/mol. The molecular formula is C25H21OPS2. The summed E-state index contributed by atoms with van der Waals surface area (Å²) in [6, 6.07) is 22.7. The van der Waals surface area contributed by atoms with Crippen molar-refractivity contribution in [3.8, 4) is 0 Å². The summed E-state index contributed by atoms with van der Waals surface area (Å²) < 4.78 is 15.0. The molecule has 4 heteroatoms. The van der Waals surface area contributed by atoms with Crippen LogP contribution in [-0.2, 0) is 4.57 Å². The van der Waals surface area contributed by atoms with E-state index in [9.17, 15) is 0 Å². The van der Waals surface area contributed by atoms with Gasteiger partial charge in [-0.15, -0.1) is 22.7 Å². The molecule has 144 valence electrons. The van der Waals surface area contributed by atoms with Crippen molar-refractivity contribution in [1.82, 2.24) is 0 Å². The summed E-state index contributed by atoms with van der Waals surface area (Å²) in [6.45, 7) is 6.43. The van der Waals surface area contributed by atoms with Gasteiger partial charge in [0.15, 0.2) is 7.14 Å². The van der Waals surface area contributed by atoms with Crippen molar-refractivity contribution >= 4 is 51.3 Å². The Morgan fingerprint density at radius 3 is 2.17 bits per heavy atom. The molecule has 0 fully saturated rings. The molecule has 5 rings (SSSR count). The first-order chi connectivity index (χ1) is 14.0. The van der Waals surface area contributed by atoms with Crippen LogP contribution in [0.4, 0.5) is 0 Å². The Bertz CT molecular complexity index is 1310. The number of fused-ring (bicyclic) bond motifs is 1. The molecule has 4 aromatic rings. The second-order valence-electron chi connectivity index (χ2n) is 7.46. The van der Waals surface area contributed by atoms with Crippen molar-refractivity contribution in [2.24, 2.45) is 0 Å². The molecule has 0 aliphatic carbocycles. The average Bonchev–Trinajstić information content (AvgIpc) is 3.37. The molecule has 0 saturated carbocycles. The number of hydrogen-bond acceptors (Lipinski definition) is 3. The molecule has 1 aliphatic heterocycles. The summed E-state index contributed by atoms with van der Waals surface area (Å²) in [7, 11) is -2.97. The number of aryl methyl sites for hydroxylation is 3. The van der Waals surface area contributed by atoms with Gasteiger partial charge in [-0.05, 0) is 55.0 Å². The summed E-state index contributed by atoms with van der Waals surface area (Å²) in [5.41, 5.74) is 4.56. The predicted octanol–water partition coefficient (Wildman–Crippen LogP) is 6.98. The van der Waals surface area contributed by atoms with Crippen LogP contribution >= 0.6 is 29.8 Å². The van der Waals surface area contributed by atoms with Crippen molar-refractivity contribution in [3.63, 3.8) is 0 Å². The molecule has 2 aromatic carbocycles. The topological polar surface area (TPSA) is 17.1 Å². The van der Waals surface area contributed by atoms with Gasteiger partial charge in [-0.25, -0.2) is 0 Å². The Kier molecular flexibility index (Phi) is 4.51. The van der Waals surface area contributed by atoms with Gasteiger partial charge in [-0.2, -0.15) is 0 Å². The average molecular weight is 433 g/mol. The largest absolute Gasteiger partial charge is 0.309 e. The highest BCUT2D eigenvalue weighted by Crippen LogP contribution is 2.66. The number of rotatable bonds is 3. The number of thiophene rings is 2. The van der Waals surface area contributed by atoms with Gasteiger partial charge in [0.05, 0.1) is 0 Å². The SMILES string of the molecule is Cc1cc(C2=C(c3cc(C)sc3C)c3ccccc3P2(=O)c2ccccc2)cs1. The first-order valence-corrected chi connectivity index (χ1v) is 13.0. The molecule has 0 N–H and O–H groups in total. The van der Waals surface area contributed by atoms with Crippen LogP contribution in [0, 0.1) is 20.8 Å². The first kappa shape index (κ1) is 18.8. The Labute approximate surface area is 179 Å². The lowest BCUT2D eigenvalue weighted by atomic mass is 9.96. The molecule has 29 heavy (non-hydrogen) atoms. The summed E-state index contributed by atoms with van der Waals surface area (Å²) in [5.74, 6) is 0. The van der Waals surface area contributed by atoms with Gasteiger partial charge in [0.1, 0.15) is 0 Å². The van der Waals surface area contributed by atoms with Crippen molar-refractivity contribution in [2.45, 2.75) is 20.8 Å². The molecule has 3 heterocycles. The van der Waals surface area contributed by atoms with Crippen LogP contribution in [0.25, 0.3) is 10.9 Å². The van der Waals surface area contributed by atoms with Gasteiger partial charge in [0.2, 0.25) is 0 Å². The van der Waals surface area contributed by atoms with E-state index in [4.69, 9.17) is 0 Å². The quantitative estimate of drug-likeness (QED) is 0.319. The molecule has 1 nitrogen and oxygen atoms in total. The first-order valence-electron chi connectivity index (χ1n) is 9.63. The normalized spacial score (nSPS) is 18.3. The van der Waals surface area contributed by atoms with Crippen LogP contribution in [0.15, 0.2) is 72.1 Å². The fourth-order valence-corrected chi connectivity index (χ4v) is 9.27. The van der Waals surface area contributed by atoms with E-state index in [1.165, 1.54) is 20.2 Å². The Morgan fingerprint density at radius 1 is 0.793 bits per heavy atom. The minimum Gasteiger partial charge on any atom is -0.309 e. The lowest BCUT2D eigenvalue weighted by molar-refractivity contribution is 0.593. The Balaban J connectivity index is 1.95. The summed E-state index contributed by atoms with van der Waals surface area (Å²) in [6.07, 6.45) is 0. The molecule has 1 unspecified atom stereocenters. The Morgan fingerprint density at radius 2 is 1.52 bits per heavy atom. The molecule has 0 amide bonds. The smallest absolute Gasteiger partial charge is 0.172 e. The van der Waals surface area contributed by atoms with E-state index in [1.54, 1.807) is 11.3 Å². The van der Waals surface area contributed by atoms with Crippen molar-refractivity contribution in [3.05, 3.63) is 103 Å². The fourth-order valence-electron chi connectivity index (χ4n) is 4.32. The predicted molar refractivity (Wildman–Crippen MR) is 129 cm³/mol. The standard InChI is InChI=1S/C25H21OPS2/c1-16-13-19(15-28-16)25-24(22-14-17(2)29-18(22)3)21-11-7-8-12-23(21)27(25,26)20-9-5-4-6-10-20/h4-15H,1-3H3. The van der Waals surface area contributed by atoms with Gasteiger partial charge >= 0.3 is 0 Å². The van der Waals surface area contributed by atoms with E-state index < -0.39 is 7.14 Å². The maximum Gasteiger partial charge on any atom is 0.172 e. The second-order valence-corrected chi connectivity index (χ2v) is 12.7. The van der Waals surface area contributed by atoms with Crippen molar-refractivity contribution < 1.29 is 4.57 Å². The van der Waals surface area contributed by atoms with Crippen LogP contribution in [0.1, 0.15) is 31.3 Å². The van der Waals surface area contributed by atoms with E-state index in [2.05, 4.69) is 56.5 Å². The van der Waals surface area contributed by atoms with E-state index >= 15 is 4.57 Å². The van der Waals surface area contributed by atoms with Gasteiger partial charge in [-0.1, -0.05) is 54.6 Å². The molecule has 0 bridgehead atoms. The van der Waals surface area contributed by atoms with Gasteiger partial charge in [-0.3, -0.25) is 0 Å². The summed E-state index contributed by atoms with van der Waals surface area (Å²) in [4.78, 5) is 3.80. The number of hydrogen-bond donors (Lipinski definition) is 0. The molecular weight excluding hydrogens is 411 g/mol. The Hall–Kier alpha value is -2.19. The van der Waals surface area contributed by atoms with Crippen LogP contribution < -0.4 is 10.6 Å². The van der Waals surface area contributed by atoms with Crippen LogP contribution in [0.3, 0.4) is 0 Å². The van der Waals surface area contributed by atoms with Crippen molar-refractivity contribution in [1.29, 1.82) is 0 Å². The lowest BCUT2D eigenvalue weighted by Gasteiger charge is -2.18. The van der Waals surface area contributed by atoms with Crippen LogP contribution in [0.2, 0.25) is 0 Å². The van der Waals surface area contributed by atoms with E-state index in [-0.39, 0.29) is 0 Å². The number of benzene rings is 2. The minimum absolute atomic E-state index is 0.908. The van der Waals surface area contributed by atoms with Gasteiger partial charge in [0.25, 0.3) is 0 Å². The minimum atomic E-state index is -2.97. The maximum atomic E-state index is 15.0. The molecule has 1 atom stereocenters. The fraction of sp³-hybridized carbons (Fsp3) is 0.120. The molecule has 0 spiro atoms. The van der Waals surface area contributed by atoms with E-state index in [0.29, 0.717) is 0 Å². The third kappa shape index (κ3) is 2.84. The van der Waals surface area contributed by atoms with Crippen LogP contribution in [0.5, 0.6) is 0 Å². The van der Waals surface area contributed by atoms with Crippen LogP contribution in [-0.4, -0.2) is 0 Å². The highest BCUT2D eigenvalue weighted by atomic mass is 32.1. The van der Waals surface area contributed by atoms with E-state index in [0.717, 1.165) is 32.6 Å². The highest BCUT2D eigenvalue weighted by Gasteiger charge is 2.43. The van der Waals surface area contributed by atoms with E-state index in [1.807, 2.05) is 47.7 Å². The van der Waals surface area contributed by atoms with Crippen molar-refractivity contribution in [2.75, 3.05) is 0 Å². The second kappa shape index (κ2) is 6.95. The summed E-state index contributed by atoms with van der Waals surface area (Å²) >= 11 is 3.53. The lowest BCUT2D eigenvalue weighted by Crippen LogP contribution is -2.15.